The lowest BCUT2D eigenvalue weighted by Gasteiger charge is -2.00. The summed E-state index contributed by atoms with van der Waals surface area (Å²) in [6, 6.07) is 3.77. The summed E-state index contributed by atoms with van der Waals surface area (Å²) >= 11 is 7.69. The molecule has 0 aliphatic carbocycles. The van der Waals surface area contributed by atoms with Crippen LogP contribution in [0.2, 0.25) is 5.02 Å². The first-order valence-corrected chi connectivity index (χ1v) is 8.16. The van der Waals surface area contributed by atoms with Crippen LogP contribution in [0.4, 0.5) is 0 Å². The Bertz CT molecular complexity index is 747. The van der Waals surface area contributed by atoms with Gasteiger partial charge in [0.1, 0.15) is 5.65 Å². The molecule has 3 aromatic heterocycles. The minimum absolute atomic E-state index is 0.493. The Morgan fingerprint density at radius 1 is 1.19 bits per heavy atom. The second-order valence-corrected chi connectivity index (χ2v) is 6.61. The van der Waals surface area contributed by atoms with Crippen LogP contribution >= 0.6 is 22.9 Å². The lowest BCUT2D eigenvalue weighted by atomic mass is 10.2. The van der Waals surface area contributed by atoms with Gasteiger partial charge in [-0.05, 0) is 12.1 Å². The third kappa shape index (κ3) is 3.43. The molecule has 0 unspecified atom stereocenters. The van der Waals surface area contributed by atoms with E-state index in [9.17, 15) is 0 Å². The number of imidazole rings is 1. The van der Waals surface area contributed by atoms with Gasteiger partial charge in [-0.25, -0.2) is 9.97 Å². The van der Waals surface area contributed by atoms with E-state index in [4.69, 9.17) is 11.6 Å². The summed E-state index contributed by atoms with van der Waals surface area (Å²) in [7, 11) is 0. The molecule has 0 spiro atoms. The van der Waals surface area contributed by atoms with E-state index in [1.165, 1.54) is 5.01 Å². The third-order valence-corrected chi connectivity index (χ3v) is 4.56. The fraction of sp³-hybridized carbons (Fsp3) is 0.333. The molecule has 4 nitrogen and oxygen atoms in total. The second-order valence-electron chi connectivity index (χ2n) is 5.28. The number of thiazole rings is 1. The van der Waals surface area contributed by atoms with Crippen molar-refractivity contribution in [3.8, 4) is 0 Å². The van der Waals surface area contributed by atoms with Crippen molar-refractivity contribution in [3.05, 3.63) is 51.3 Å². The summed E-state index contributed by atoms with van der Waals surface area (Å²) in [5.41, 5.74) is 3.00. The van der Waals surface area contributed by atoms with Crippen molar-refractivity contribution in [3.63, 3.8) is 0 Å². The summed E-state index contributed by atoms with van der Waals surface area (Å²) in [5.74, 6) is 0.493. The van der Waals surface area contributed by atoms with Gasteiger partial charge in [-0.3, -0.25) is 0 Å². The minimum Gasteiger partial charge on any atom is -0.305 e. The molecule has 0 aliphatic heterocycles. The molecule has 0 aliphatic rings. The highest BCUT2D eigenvalue weighted by molar-refractivity contribution is 7.09. The number of rotatable bonds is 5. The standard InChI is InChI=1S/C15H17ClN4S/c1-10(2)15-19-13(9-21-15)6-17-5-12-8-20-7-11(16)3-4-14(20)18-12/h3-4,7-10,17H,5-6H2,1-2H3. The van der Waals surface area contributed by atoms with Crippen molar-refractivity contribution in [1.29, 1.82) is 0 Å². The van der Waals surface area contributed by atoms with Crippen LogP contribution in [0.15, 0.2) is 29.9 Å². The predicted molar refractivity (Wildman–Crippen MR) is 86.9 cm³/mol. The van der Waals surface area contributed by atoms with Gasteiger partial charge in [0.05, 0.1) is 21.4 Å². The van der Waals surface area contributed by atoms with Crippen LogP contribution in [-0.2, 0) is 13.1 Å². The normalized spacial score (nSPS) is 11.6. The summed E-state index contributed by atoms with van der Waals surface area (Å²) in [6.07, 6.45) is 3.86. The average Bonchev–Trinajstić information content (AvgIpc) is 3.04. The fourth-order valence-electron chi connectivity index (χ4n) is 2.09. The highest BCUT2D eigenvalue weighted by atomic mass is 35.5. The van der Waals surface area contributed by atoms with Crippen molar-refractivity contribution < 1.29 is 0 Å². The van der Waals surface area contributed by atoms with Gasteiger partial charge in [-0.1, -0.05) is 25.4 Å². The van der Waals surface area contributed by atoms with Gasteiger partial charge in [-0.2, -0.15) is 0 Å². The van der Waals surface area contributed by atoms with Gasteiger partial charge in [0.2, 0.25) is 0 Å². The number of fused-ring (bicyclic) bond motifs is 1. The maximum absolute atomic E-state index is 5.97. The summed E-state index contributed by atoms with van der Waals surface area (Å²) < 4.78 is 1.94. The summed E-state index contributed by atoms with van der Waals surface area (Å²) in [6.45, 7) is 5.81. The second kappa shape index (κ2) is 6.13. The van der Waals surface area contributed by atoms with Crippen LogP contribution in [0.3, 0.4) is 0 Å². The van der Waals surface area contributed by atoms with Gasteiger partial charge < -0.3 is 9.72 Å². The number of hydrogen-bond donors (Lipinski definition) is 1. The highest BCUT2D eigenvalue weighted by Crippen LogP contribution is 2.19. The summed E-state index contributed by atoms with van der Waals surface area (Å²) in [5, 5.41) is 7.40. The molecule has 0 saturated heterocycles. The Balaban J connectivity index is 1.60. The predicted octanol–water partition coefficient (Wildman–Crippen LogP) is 3.86. The zero-order valence-corrected chi connectivity index (χ0v) is 13.6. The molecule has 110 valence electrons. The van der Waals surface area contributed by atoms with E-state index >= 15 is 0 Å². The molecule has 1 N–H and O–H groups in total. The Kier molecular flexibility index (Phi) is 4.24. The van der Waals surface area contributed by atoms with Gasteiger partial charge >= 0.3 is 0 Å². The minimum atomic E-state index is 0.493. The van der Waals surface area contributed by atoms with Gasteiger partial charge in [-0.15, -0.1) is 11.3 Å². The van der Waals surface area contributed by atoms with Crippen molar-refractivity contribution in [2.24, 2.45) is 0 Å². The Morgan fingerprint density at radius 3 is 2.76 bits per heavy atom. The van der Waals surface area contributed by atoms with E-state index in [-0.39, 0.29) is 0 Å². The SMILES string of the molecule is CC(C)c1nc(CNCc2cn3cc(Cl)ccc3n2)cs1. The highest BCUT2D eigenvalue weighted by Gasteiger charge is 2.06. The molecule has 3 aromatic rings. The van der Waals surface area contributed by atoms with Crippen LogP contribution in [0.1, 0.15) is 36.2 Å². The largest absolute Gasteiger partial charge is 0.305 e. The van der Waals surface area contributed by atoms with Gasteiger partial charge in [0.15, 0.2) is 0 Å². The zero-order chi connectivity index (χ0) is 14.8. The maximum Gasteiger partial charge on any atom is 0.137 e. The van der Waals surface area contributed by atoms with Crippen LogP contribution in [0.5, 0.6) is 0 Å². The Labute approximate surface area is 132 Å². The van der Waals surface area contributed by atoms with Crippen molar-refractivity contribution in [2.45, 2.75) is 32.9 Å². The molecule has 6 heteroatoms. The number of nitrogens with zero attached hydrogens (tertiary/aromatic N) is 3. The van der Waals surface area contributed by atoms with E-state index in [1.54, 1.807) is 11.3 Å². The molecule has 0 saturated carbocycles. The molecule has 0 amide bonds. The van der Waals surface area contributed by atoms with E-state index in [0.29, 0.717) is 17.5 Å². The number of aromatic nitrogens is 3. The molecular formula is C15H17ClN4S. The van der Waals surface area contributed by atoms with Gasteiger partial charge in [0.25, 0.3) is 0 Å². The topological polar surface area (TPSA) is 42.2 Å². The van der Waals surface area contributed by atoms with Crippen molar-refractivity contribution in [2.75, 3.05) is 0 Å². The van der Waals surface area contributed by atoms with Gasteiger partial charge in [0, 0.05) is 36.8 Å². The molecule has 3 heterocycles. The number of halogens is 1. The molecule has 0 atom stereocenters. The first-order chi connectivity index (χ1) is 10.1. The number of nitrogens with one attached hydrogen (secondary N) is 1. The van der Waals surface area contributed by atoms with Crippen LogP contribution in [-0.4, -0.2) is 14.4 Å². The van der Waals surface area contributed by atoms with E-state index in [2.05, 4.69) is 34.5 Å². The van der Waals surface area contributed by atoms with Crippen molar-refractivity contribution in [1.82, 2.24) is 19.7 Å². The summed E-state index contributed by atoms with van der Waals surface area (Å²) in [4.78, 5) is 9.15. The smallest absolute Gasteiger partial charge is 0.137 e. The van der Waals surface area contributed by atoms with Crippen LogP contribution in [0.25, 0.3) is 5.65 Å². The van der Waals surface area contributed by atoms with E-state index < -0.39 is 0 Å². The zero-order valence-electron chi connectivity index (χ0n) is 12.0. The quantitative estimate of drug-likeness (QED) is 0.776. The van der Waals surface area contributed by atoms with E-state index in [1.807, 2.05) is 28.9 Å². The van der Waals surface area contributed by atoms with Crippen LogP contribution in [0, 0.1) is 0 Å². The maximum atomic E-state index is 5.97. The van der Waals surface area contributed by atoms with Crippen molar-refractivity contribution >= 4 is 28.6 Å². The molecule has 0 radical (unpaired) electrons. The third-order valence-electron chi connectivity index (χ3n) is 3.14. The first-order valence-electron chi connectivity index (χ1n) is 6.90. The lowest BCUT2D eigenvalue weighted by Crippen LogP contribution is -2.13. The molecule has 0 fully saturated rings. The molecular weight excluding hydrogens is 304 g/mol. The lowest BCUT2D eigenvalue weighted by molar-refractivity contribution is 0.669. The molecule has 3 rings (SSSR count). The fourth-order valence-corrected chi connectivity index (χ4v) is 3.09. The van der Waals surface area contributed by atoms with Crippen LogP contribution < -0.4 is 5.32 Å². The molecule has 0 bridgehead atoms. The molecule has 0 aromatic carbocycles. The first kappa shape index (κ1) is 14.5. The Hall–Kier alpha value is -1.43. The average molecular weight is 321 g/mol. The number of pyridine rings is 1. The van der Waals surface area contributed by atoms with E-state index in [0.717, 1.165) is 23.6 Å². The molecule has 21 heavy (non-hydrogen) atoms. The Morgan fingerprint density at radius 2 is 2.00 bits per heavy atom. The monoisotopic (exact) mass is 320 g/mol. The number of hydrogen-bond acceptors (Lipinski definition) is 4.